The van der Waals surface area contributed by atoms with Crippen molar-refractivity contribution >= 4 is 35.5 Å². The fraction of sp³-hybridized carbons (Fsp3) is 0.789. The van der Waals surface area contributed by atoms with E-state index < -0.39 is 47.9 Å². The Kier molecular flexibility index (Phi) is 11.7. The highest BCUT2D eigenvalue weighted by Crippen LogP contribution is 2.18. The normalized spacial score (nSPS) is 19.1. The third kappa shape index (κ3) is 8.11. The highest BCUT2D eigenvalue weighted by molar-refractivity contribution is 7.98. The van der Waals surface area contributed by atoms with Gasteiger partial charge in [0.25, 0.3) is 0 Å². The van der Waals surface area contributed by atoms with Crippen LogP contribution in [0, 0.1) is 0 Å². The van der Waals surface area contributed by atoms with Gasteiger partial charge in [-0.1, -0.05) is 6.42 Å². The van der Waals surface area contributed by atoms with Crippen molar-refractivity contribution in [2.24, 2.45) is 11.5 Å². The van der Waals surface area contributed by atoms with Gasteiger partial charge in [-0.15, -0.1) is 0 Å². The molecule has 7 N–H and O–H groups in total. The highest BCUT2D eigenvalue weighted by atomic mass is 32.2. The number of carbonyl (C=O) groups is 4. The van der Waals surface area contributed by atoms with Gasteiger partial charge in [-0.05, 0) is 57.6 Å². The summed E-state index contributed by atoms with van der Waals surface area (Å²) in [6.45, 7) is 2.39. The van der Waals surface area contributed by atoms with Crippen LogP contribution in [0.1, 0.15) is 45.4 Å². The van der Waals surface area contributed by atoms with Crippen LogP contribution < -0.4 is 22.1 Å². The Morgan fingerprint density at radius 3 is 2.47 bits per heavy atom. The molecular weight excluding hydrogens is 410 g/mol. The second kappa shape index (κ2) is 13.5. The zero-order valence-electron chi connectivity index (χ0n) is 17.8. The molecule has 0 saturated carbocycles. The lowest BCUT2D eigenvalue weighted by Gasteiger charge is -2.27. The van der Waals surface area contributed by atoms with Gasteiger partial charge in [0, 0.05) is 6.54 Å². The van der Waals surface area contributed by atoms with Crippen LogP contribution in [-0.2, 0) is 19.2 Å². The molecule has 1 saturated heterocycles. The maximum Gasteiger partial charge on any atom is 0.326 e. The number of carboxylic acids is 1. The second-order valence-corrected chi connectivity index (χ2v) is 8.48. The van der Waals surface area contributed by atoms with E-state index in [-0.39, 0.29) is 0 Å². The van der Waals surface area contributed by atoms with Gasteiger partial charge < -0.3 is 32.1 Å². The van der Waals surface area contributed by atoms with Crippen LogP contribution in [0.3, 0.4) is 0 Å². The van der Waals surface area contributed by atoms with Gasteiger partial charge in [-0.3, -0.25) is 14.4 Å². The van der Waals surface area contributed by atoms with Crippen LogP contribution in [0.5, 0.6) is 0 Å². The lowest BCUT2D eigenvalue weighted by Crippen LogP contribution is -2.56. The van der Waals surface area contributed by atoms with Gasteiger partial charge in [0.15, 0.2) is 0 Å². The van der Waals surface area contributed by atoms with E-state index in [2.05, 4.69) is 10.6 Å². The van der Waals surface area contributed by atoms with Gasteiger partial charge >= 0.3 is 5.97 Å². The molecule has 0 radical (unpaired) electrons. The molecule has 0 spiro atoms. The first-order chi connectivity index (χ1) is 14.2. The number of thioether (sulfide) groups is 1. The summed E-state index contributed by atoms with van der Waals surface area (Å²) in [5.74, 6) is -1.76. The number of amides is 3. The first kappa shape index (κ1) is 26.2. The predicted molar refractivity (Wildman–Crippen MR) is 116 cm³/mol. The molecule has 10 nitrogen and oxygen atoms in total. The number of carboxylic acid groups (broad SMARTS) is 1. The summed E-state index contributed by atoms with van der Waals surface area (Å²) in [4.78, 5) is 50.3. The van der Waals surface area contributed by atoms with E-state index >= 15 is 0 Å². The van der Waals surface area contributed by atoms with Crippen LogP contribution in [-0.4, -0.2) is 83.0 Å². The predicted octanol–water partition coefficient (Wildman–Crippen LogP) is -0.739. The van der Waals surface area contributed by atoms with Crippen LogP contribution >= 0.6 is 11.8 Å². The number of nitrogens with zero attached hydrogens (tertiary/aromatic N) is 1. The van der Waals surface area contributed by atoms with E-state index in [4.69, 9.17) is 11.5 Å². The average Bonchev–Trinajstić information content (AvgIpc) is 3.20. The molecule has 4 unspecified atom stereocenters. The molecule has 1 rings (SSSR count). The number of likely N-dealkylation sites (tertiary alicyclic amines) is 1. The van der Waals surface area contributed by atoms with Crippen LogP contribution in [0.2, 0.25) is 0 Å². The SMILES string of the molecule is CSCCC(NC(=O)C(N)CCCCN)C(=O)NC(C)C(=O)N1CCCC1C(=O)O. The first-order valence-electron chi connectivity index (χ1n) is 10.3. The quantitative estimate of drug-likeness (QED) is 0.231. The maximum absolute atomic E-state index is 12.7. The maximum atomic E-state index is 12.7. The van der Waals surface area contributed by atoms with Crippen molar-refractivity contribution in [1.82, 2.24) is 15.5 Å². The smallest absolute Gasteiger partial charge is 0.326 e. The van der Waals surface area contributed by atoms with Crippen LogP contribution in [0.25, 0.3) is 0 Å². The summed E-state index contributed by atoms with van der Waals surface area (Å²) >= 11 is 1.53. The van der Waals surface area contributed by atoms with Gasteiger partial charge in [-0.2, -0.15) is 11.8 Å². The third-order valence-electron chi connectivity index (χ3n) is 5.10. The lowest BCUT2D eigenvalue weighted by molar-refractivity contribution is -0.149. The van der Waals surface area contributed by atoms with Crippen molar-refractivity contribution in [3.05, 3.63) is 0 Å². The Labute approximate surface area is 181 Å². The molecule has 0 bridgehead atoms. The largest absolute Gasteiger partial charge is 0.480 e. The number of nitrogens with one attached hydrogen (secondary N) is 2. The molecule has 172 valence electrons. The van der Waals surface area contributed by atoms with E-state index in [1.165, 1.54) is 23.6 Å². The Hall–Kier alpha value is -1.85. The molecule has 30 heavy (non-hydrogen) atoms. The summed E-state index contributed by atoms with van der Waals surface area (Å²) in [7, 11) is 0. The first-order valence-corrected chi connectivity index (χ1v) is 11.7. The molecule has 3 amide bonds. The number of unbranched alkanes of at least 4 members (excludes halogenated alkanes) is 1. The number of carbonyl (C=O) groups excluding carboxylic acids is 3. The summed E-state index contributed by atoms with van der Waals surface area (Å²) in [6, 6.07) is -3.32. The van der Waals surface area contributed by atoms with Crippen molar-refractivity contribution in [2.45, 2.75) is 69.6 Å². The number of hydrogen-bond donors (Lipinski definition) is 5. The molecule has 0 aromatic rings. The minimum absolute atomic E-state index is 0.348. The monoisotopic (exact) mass is 445 g/mol. The van der Waals surface area contributed by atoms with E-state index in [1.807, 2.05) is 6.26 Å². The number of nitrogens with two attached hydrogens (primary N) is 2. The molecule has 1 heterocycles. The van der Waals surface area contributed by atoms with Gasteiger partial charge in [-0.25, -0.2) is 4.79 Å². The molecule has 1 aliphatic heterocycles. The molecule has 0 aliphatic carbocycles. The summed E-state index contributed by atoms with van der Waals surface area (Å²) in [6.07, 6.45) is 5.25. The van der Waals surface area contributed by atoms with Gasteiger partial charge in [0.05, 0.1) is 6.04 Å². The minimum atomic E-state index is -1.05. The zero-order valence-corrected chi connectivity index (χ0v) is 18.6. The minimum Gasteiger partial charge on any atom is -0.480 e. The zero-order chi connectivity index (χ0) is 22.7. The Bertz CT molecular complexity index is 606. The molecule has 4 atom stereocenters. The number of rotatable bonds is 13. The van der Waals surface area contributed by atoms with Crippen LogP contribution in [0.4, 0.5) is 0 Å². The van der Waals surface area contributed by atoms with Gasteiger partial charge in [0.2, 0.25) is 17.7 Å². The van der Waals surface area contributed by atoms with Crippen molar-refractivity contribution in [3.8, 4) is 0 Å². The Morgan fingerprint density at radius 2 is 1.87 bits per heavy atom. The lowest BCUT2D eigenvalue weighted by atomic mass is 10.1. The van der Waals surface area contributed by atoms with E-state index in [0.717, 1.165) is 12.8 Å². The van der Waals surface area contributed by atoms with Crippen molar-refractivity contribution < 1.29 is 24.3 Å². The molecule has 1 fully saturated rings. The topological polar surface area (TPSA) is 168 Å². The Balaban J connectivity index is 2.69. The number of hydrogen-bond acceptors (Lipinski definition) is 7. The van der Waals surface area contributed by atoms with Crippen LogP contribution in [0.15, 0.2) is 0 Å². The molecular formula is C19H35N5O5S. The Morgan fingerprint density at radius 1 is 1.17 bits per heavy atom. The van der Waals surface area contributed by atoms with Crippen molar-refractivity contribution in [3.63, 3.8) is 0 Å². The summed E-state index contributed by atoms with van der Waals surface area (Å²) < 4.78 is 0. The highest BCUT2D eigenvalue weighted by Gasteiger charge is 2.36. The van der Waals surface area contributed by atoms with E-state index in [0.29, 0.717) is 44.5 Å². The second-order valence-electron chi connectivity index (χ2n) is 7.49. The van der Waals surface area contributed by atoms with E-state index in [1.54, 1.807) is 0 Å². The third-order valence-corrected chi connectivity index (χ3v) is 5.74. The van der Waals surface area contributed by atoms with Crippen molar-refractivity contribution in [1.29, 1.82) is 0 Å². The van der Waals surface area contributed by atoms with E-state index in [9.17, 15) is 24.3 Å². The summed E-state index contributed by atoms with van der Waals surface area (Å²) in [5, 5.41) is 14.6. The molecule has 11 heteroatoms. The average molecular weight is 446 g/mol. The van der Waals surface area contributed by atoms with Gasteiger partial charge in [0.1, 0.15) is 18.1 Å². The fourth-order valence-electron chi connectivity index (χ4n) is 3.33. The number of aliphatic carboxylic acids is 1. The molecule has 1 aliphatic rings. The molecule has 0 aromatic heterocycles. The standard InChI is InChI=1S/C19H35N5O5S/c1-12(18(27)24-10-5-7-15(24)19(28)29)22-17(26)14(8-11-30-2)23-16(25)13(21)6-3-4-9-20/h12-15H,3-11,20-21H2,1-2H3,(H,22,26)(H,23,25)(H,28,29). The summed E-state index contributed by atoms with van der Waals surface area (Å²) in [5.41, 5.74) is 11.4. The van der Waals surface area contributed by atoms with Crippen molar-refractivity contribution in [2.75, 3.05) is 25.1 Å². The fourth-order valence-corrected chi connectivity index (χ4v) is 3.81. The molecule has 0 aromatic carbocycles.